The molecule has 1 aliphatic carbocycles. The van der Waals surface area contributed by atoms with E-state index in [0.717, 1.165) is 47.4 Å². The largest absolute Gasteiger partial charge is 0.495 e. The summed E-state index contributed by atoms with van der Waals surface area (Å²) in [7, 11) is -2.48. The number of aryl methyl sites for hydroxylation is 1. The van der Waals surface area contributed by atoms with E-state index in [4.69, 9.17) is 16.3 Å². The first kappa shape index (κ1) is 27.8. The second-order valence-electron chi connectivity index (χ2n) is 9.20. The molecular formula is C26H34ClN3O5S. The highest BCUT2D eigenvalue weighted by molar-refractivity contribution is 7.92. The zero-order valence-electron chi connectivity index (χ0n) is 21.2. The summed E-state index contributed by atoms with van der Waals surface area (Å²) in [6.45, 7) is 3.25. The Kier molecular flexibility index (Phi) is 9.24. The summed E-state index contributed by atoms with van der Waals surface area (Å²) in [5.74, 6) is -0.509. The normalized spacial score (nSPS) is 14.8. The van der Waals surface area contributed by atoms with Gasteiger partial charge < -0.3 is 15.0 Å². The molecule has 0 unspecified atom stereocenters. The van der Waals surface area contributed by atoms with Gasteiger partial charge in [0.15, 0.2) is 0 Å². The molecule has 0 aliphatic heterocycles. The molecule has 1 fully saturated rings. The molecule has 0 spiro atoms. The first-order valence-electron chi connectivity index (χ1n) is 12.0. The maximum Gasteiger partial charge on any atom is 0.244 e. The average molecular weight is 536 g/mol. The van der Waals surface area contributed by atoms with Crippen LogP contribution in [0.2, 0.25) is 5.02 Å². The molecule has 1 N–H and O–H groups in total. The third kappa shape index (κ3) is 6.91. The lowest BCUT2D eigenvalue weighted by Gasteiger charge is -2.32. The van der Waals surface area contributed by atoms with Crippen molar-refractivity contribution in [2.45, 2.75) is 58.2 Å². The van der Waals surface area contributed by atoms with Crippen LogP contribution in [0.5, 0.6) is 5.75 Å². The molecule has 2 amide bonds. The van der Waals surface area contributed by atoms with Crippen molar-refractivity contribution in [1.29, 1.82) is 0 Å². The number of hydrogen-bond acceptors (Lipinski definition) is 5. The van der Waals surface area contributed by atoms with Gasteiger partial charge in [0.1, 0.15) is 18.3 Å². The molecule has 3 rings (SSSR count). The Balaban J connectivity index is 1.94. The first-order chi connectivity index (χ1) is 17.0. The molecule has 0 bridgehead atoms. The smallest absolute Gasteiger partial charge is 0.244 e. The van der Waals surface area contributed by atoms with Crippen LogP contribution in [0.25, 0.3) is 0 Å². The lowest BCUT2D eigenvalue weighted by Crippen LogP contribution is -2.52. The molecule has 0 heterocycles. The summed E-state index contributed by atoms with van der Waals surface area (Å²) >= 11 is 6.14. The van der Waals surface area contributed by atoms with E-state index >= 15 is 0 Å². The van der Waals surface area contributed by atoms with Gasteiger partial charge in [0.25, 0.3) is 0 Å². The summed E-state index contributed by atoms with van der Waals surface area (Å²) in [5.41, 5.74) is 1.99. The first-order valence-corrected chi connectivity index (χ1v) is 14.2. The molecule has 10 heteroatoms. The van der Waals surface area contributed by atoms with Crippen molar-refractivity contribution in [3.63, 3.8) is 0 Å². The fourth-order valence-corrected chi connectivity index (χ4v) is 5.41. The number of carbonyl (C=O) groups excluding carboxylic acids is 2. The molecule has 2 aromatic rings. The Labute approximate surface area is 218 Å². The predicted molar refractivity (Wildman–Crippen MR) is 142 cm³/mol. The summed E-state index contributed by atoms with van der Waals surface area (Å²) < 4.78 is 31.9. The predicted octanol–water partition coefficient (Wildman–Crippen LogP) is 3.90. The van der Waals surface area contributed by atoms with Crippen LogP contribution in [-0.2, 0) is 26.2 Å². The van der Waals surface area contributed by atoms with Crippen LogP contribution < -0.4 is 14.4 Å². The minimum absolute atomic E-state index is 0.0959. The molecule has 196 valence electrons. The fourth-order valence-electron chi connectivity index (χ4n) is 4.40. The van der Waals surface area contributed by atoms with Crippen molar-refractivity contribution >= 4 is 39.1 Å². The van der Waals surface area contributed by atoms with Gasteiger partial charge in [0.2, 0.25) is 21.8 Å². The highest BCUT2D eigenvalue weighted by Gasteiger charge is 2.32. The zero-order chi connectivity index (χ0) is 26.5. The average Bonchev–Trinajstić information content (AvgIpc) is 3.33. The SMILES string of the molecule is COc1ccc(Cl)cc1N(CC(=O)N(Cc1ccccc1C)[C@H](C)C(=O)NC1CCCC1)S(C)(=O)=O. The number of halogens is 1. The summed E-state index contributed by atoms with van der Waals surface area (Å²) in [4.78, 5) is 28.3. The lowest BCUT2D eigenvalue weighted by atomic mass is 10.1. The summed E-state index contributed by atoms with van der Waals surface area (Å²) in [6, 6.07) is 11.4. The maximum absolute atomic E-state index is 13.7. The number of carbonyl (C=O) groups is 2. The lowest BCUT2D eigenvalue weighted by molar-refractivity contribution is -0.139. The minimum atomic E-state index is -3.89. The highest BCUT2D eigenvalue weighted by atomic mass is 35.5. The molecule has 2 aromatic carbocycles. The number of hydrogen-bond donors (Lipinski definition) is 1. The van der Waals surface area contributed by atoms with E-state index in [-0.39, 0.29) is 29.9 Å². The number of benzene rings is 2. The molecule has 1 aliphatic rings. The van der Waals surface area contributed by atoms with Crippen LogP contribution in [0.1, 0.15) is 43.7 Å². The number of rotatable bonds is 10. The molecule has 0 saturated heterocycles. The molecule has 1 atom stereocenters. The second-order valence-corrected chi connectivity index (χ2v) is 11.5. The Bertz CT molecular complexity index is 1200. The zero-order valence-corrected chi connectivity index (χ0v) is 22.7. The van der Waals surface area contributed by atoms with E-state index in [1.807, 2.05) is 31.2 Å². The highest BCUT2D eigenvalue weighted by Crippen LogP contribution is 2.33. The summed E-state index contributed by atoms with van der Waals surface area (Å²) in [6.07, 6.45) is 4.98. The molecule has 1 saturated carbocycles. The fraction of sp³-hybridized carbons (Fsp3) is 0.462. The van der Waals surface area contributed by atoms with Crippen LogP contribution in [0.3, 0.4) is 0 Å². The van der Waals surface area contributed by atoms with Crippen LogP contribution >= 0.6 is 11.6 Å². The minimum Gasteiger partial charge on any atom is -0.495 e. The number of nitrogens with zero attached hydrogens (tertiary/aromatic N) is 2. The Morgan fingerprint density at radius 2 is 1.83 bits per heavy atom. The van der Waals surface area contributed by atoms with E-state index in [1.165, 1.54) is 18.1 Å². The van der Waals surface area contributed by atoms with E-state index in [1.54, 1.807) is 19.1 Å². The van der Waals surface area contributed by atoms with Gasteiger partial charge in [0.05, 0.1) is 19.1 Å². The number of nitrogens with one attached hydrogen (secondary N) is 1. The van der Waals surface area contributed by atoms with Gasteiger partial charge in [0, 0.05) is 17.6 Å². The van der Waals surface area contributed by atoms with Crippen molar-refractivity contribution < 1.29 is 22.7 Å². The third-order valence-corrected chi connectivity index (χ3v) is 7.92. The standard InChI is InChI=1S/C26H34ClN3O5S/c1-18-9-5-6-10-20(18)16-29(19(2)26(32)28-22-11-7-8-12-22)25(31)17-30(36(4,33)34)23-15-21(27)13-14-24(23)35-3/h5-6,9-10,13-15,19,22H,7-8,11-12,16-17H2,1-4H3,(H,28,32)/t19-/m1/s1. The number of ether oxygens (including phenoxy) is 1. The van der Waals surface area contributed by atoms with Gasteiger partial charge >= 0.3 is 0 Å². The molecular weight excluding hydrogens is 502 g/mol. The molecule has 8 nitrogen and oxygen atoms in total. The number of methoxy groups -OCH3 is 1. The Morgan fingerprint density at radius 3 is 2.44 bits per heavy atom. The quantitative estimate of drug-likeness (QED) is 0.498. The molecule has 0 aromatic heterocycles. The van der Waals surface area contributed by atoms with Crippen LogP contribution in [0, 0.1) is 6.92 Å². The van der Waals surface area contributed by atoms with Gasteiger partial charge in [-0.25, -0.2) is 8.42 Å². The Hall–Kier alpha value is -2.78. The van der Waals surface area contributed by atoms with Crippen molar-refractivity contribution in [1.82, 2.24) is 10.2 Å². The van der Waals surface area contributed by atoms with Gasteiger partial charge in [-0.3, -0.25) is 13.9 Å². The summed E-state index contributed by atoms with van der Waals surface area (Å²) in [5, 5.41) is 3.35. The van der Waals surface area contributed by atoms with Gasteiger partial charge in [-0.2, -0.15) is 0 Å². The van der Waals surface area contributed by atoms with E-state index < -0.39 is 28.5 Å². The van der Waals surface area contributed by atoms with Crippen molar-refractivity contribution in [2.75, 3.05) is 24.2 Å². The van der Waals surface area contributed by atoms with Gasteiger partial charge in [-0.15, -0.1) is 0 Å². The van der Waals surface area contributed by atoms with E-state index in [9.17, 15) is 18.0 Å². The second kappa shape index (κ2) is 12.0. The van der Waals surface area contributed by atoms with Crippen molar-refractivity contribution in [2.24, 2.45) is 0 Å². The van der Waals surface area contributed by atoms with Crippen molar-refractivity contribution in [3.05, 3.63) is 58.6 Å². The molecule has 36 heavy (non-hydrogen) atoms. The topological polar surface area (TPSA) is 96.0 Å². The monoisotopic (exact) mass is 535 g/mol. The third-order valence-electron chi connectivity index (χ3n) is 6.56. The Morgan fingerprint density at radius 1 is 1.17 bits per heavy atom. The molecule has 0 radical (unpaired) electrons. The van der Waals surface area contributed by atoms with Gasteiger partial charge in [-0.1, -0.05) is 48.7 Å². The number of anilines is 1. The van der Waals surface area contributed by atoms with Crippen molar-refractivity contribution in [3.8, 4) is 5.75 Å². The number of amides is 2. The van der Waals surface area contributed by atoms with Crippen LogP contribution in [-0.4, -0.2) is 57.1 Å². The van der Waals surface area contributed by atoms with Gasteiger partial charge in [-0.05, 0) is 56.0 Å². The number of sulfonamides is 1. The van der Waals surface area contributed by atoms with E-state index in [0.29, 0.717) is 5.02 Å². The van der Waals surface area contributed by atoms with E-state index in [2.05, 4.69) is 5.32 Å². The van der Waals surface area contributed by atoms with Crippen LogP contribution in [0.15, 0.2) is 42.5 Å². The van der Waals surface area contributed by atoms with Crippen LogP contribution in [0.4, 0.5) is 5.69 Å². The maximum atomic E-state index is 13.7.